The maximum Gasteiger partial charge on any atom is 0.419 e. The maximum absolute atomic E-state index is 13.2. The number of rotatable bonds is 4. The molecule has 4 nitrogen and oxygen atoms in total. The molecule has 0 fully saturated rings. The van der Waals surface area contributed by atoms with Gasteiger partial charge in [-0.15, -0.1) is 0 Å². The van der Waals surface area contributed by atoms with E-state index in [1.54, 1.807) is 0 Å². The van der Waals surface area contributed by atoms with Crippen molar-refractivity contribution in [3.05, 3.63) is 35.1 Å². The molecule has 0 aliphatic heterocycles. The summed E-state index contributed by atoms with van der Waals surface area (Å²) in [7, 11) is 0. The van der Waals surface area contributed by atoms with Gasteiger partial charge in [0.1, 0.15) is 12.4 Å². The number of carboxylic acid groups (broad SMARTS) is 1. The summed E-state index contributed by atoms with van der Waals surface area (Å²) in [5.41, 5.74) is -1.98. The quantitative estimate of drug-likeness (QED) is 0.870. The van der Waals surface area contributed by atoms with Gasteiger partial charge in [0.25, 0.3) is 5.91 Å². The summed E-state index contributed by atoms with van der Waals surface area (Å²) < 4.78 is 51.0. The standard InChI is InChI=1S/C13H13F4NO3/c1-7(2)18(6-11(19)20)12(21)8-3-4-10(14)9(5-8)13(15,16)17/h3-5,7H,6H2,1-2H3,(H,19,20). The smallest absolute Gasteiger partial charge is 0.419 e. The molecule has 1 aromatic carbocycles. The van der Waals surface area contributed by atoms with Gasteiger partial charge < -0.3 is 10.0 Å². The second-order valence-electron chi connectivity index (χ2n) is 4.61. The molecular formula is C13H13F4NO3. The summed E-state index contributed by atoms with van der Waals surface area (Å²) in [6, 6.07) is 1.28. The van der Waals surface area contributed by atoms with E-state index in [4.69, 9.17) is 5.11 Å². The molecule has 8 heteroatoms. The van der Waals surface area contributed by atoms with Crippen molar-refractivity contribution < 1.29 is 32.3 Å². The highest BCUT2D eigenvalue weighted by molar-refractivity contribution is 5.96. The number of benzene rings is 1. The van der Waals surface area contributed by atoms with Gasteiger partial charge >= 0.3 is 12.1 Å². The molecule has 1 rings (SSSR count). The lowest BCUT2D eigenvalue weighted by Gasteiger charge is -2.25. The van der Waals surface area contributed by atoms with Crippen LogP contribution in [-0.2, 0) is 11.0 Å². The Kier molecular flexibility index (Phi) is 4.93. The molecule has 0 aromatic heterocycles. The second kappa shape index (κ2) is 6.11. The van der Waals surface area contributed by atoms with Crippen molar-refractivity contribution in [2.45, 2.75) is 26.1 Å². The van der Waals surface area contributed by atoms with Gasteiger partial charge in [-0.25, -0.2) is 4.39 Å². The monoisotopic (exact) mass is 307 g/mol. The normalized spacial score (nSPS) is 11.6. The zero-order valence-electron chi connectivity index (χ0n) is 11.2. The molecule has 0 aliphatic rings. The van der Waals surface area contributed by atoms with Gasteiger partial charge in [0.2, 0.25) is 0 Å². The van der Waals surface area contributed by atoms with Gasteiger partial charge in [-0.05, 0) is 32.0 Å². The number of amides is 1. The van der Waals surface area contributed by atoms with Crippen molar-refractivity contribution in [2.75, 3.05) is 6.54 Å². The summed E-state index contributed by atoms with van der Waals surface area (Å²) in [6.45, 7) is 2.39. The minimum Gasteiger partial charge on any atom is -0.480 e. The molecule has 1 N–H and O–H groups in total. The maximum atomic E-state index is 13.2. The average Bonchev–Trinajstić information content (AvgIpc) is 2.33. The third-order valence-electron chi connectivity index (χ3n) is 2.71. The van der Waals surface area contributed by atoms with Crippen molar-refractivity contribution in [3.63, 3.8) is 0 Å². The van der Waals surface area contributed by atoms with Crippen molar-refractivity contribution >= 4 is 11.9 Å². The number of hydrogen-bond donors (Lipinski definition) is 1. The average molecular weight is 307 g/mol. The van der Waals surface area contributed by atoms with Crippen LogP contribution in [0.1, 0.15) is 29.8 Å². The fraction of sp³-hybridized carbons (Fsp3) is 0.385. The molecule has 0 heterocycles. The number of carbonyl (C=O) groups is 2. The number of alkyl halides is 3. The molecule has 1 aromatic rings. The van der Waals surface area contributed by atoms with Crippen molar-refractivity contribution in [1.29, 1.82) is 0 Å². The Morgan fingerprint density at radius 3 is 2.29 bits per heavy atom. The van der Waals surface area contributed by atoms with Crippen LogP contribution in [0.4, 0.5) is 17.6 Å². The highest BCUT2D eigenvalue weighted by atomic mass is 19.4. The van der Waals surface area contributed by atoms with E-state index in [-0.39, 0.29) is 0 Å². The number of halogens is 4. The third kappa shape index (κ3) is 4.17. The van der Waals surface area contributed by atoms with E-state index in [1.165, 1.54) is 13.8 Å². The van der Waals surface area contributed by atoms with Gasteiger partial charge in [0, 0.05) is 11.6 Å². The van der Waals surface area contributed by atoms with E-state index >= 15 is 0 Å². The molecular weight excluding hydrogens is 294 g/mol. The predicted molar refractivity (Wildman–Crippen MR) is 65.2 cm³/mol. The zero-order valence-corrected chi connectivity index (χ0v) is 11.2. The summed E-state index contributed by atoms with van der Waals surface area (Å²) >= 11 is 0. The topological polar surface area (TPSA) is 57.6 Å². The second-order valence-corrected chi connectivity index (χ2v) is 4.61. The highest BCUT2D eigenvalue weighted by Gasteiger charge is 2.35. The van der Waals surface area contributed by atoms with Crippen LogP contribution < -0.4 is 0 Å². The molecule has 0 saturated heterocycles. The van der Waals surface area contributed by atoms with E-state index in [2.05, 4.69) is 0 Å². The molecule has 0 atom stereocenters. The van der Waals surface area contributed by atoms with Crippen molar-refractivity contribution in [3.8, 4) is 0 Å². The van der Waals surface area contributed by atoms with Gasteiger partial charge in [-0.2, -0.15) is 13.2 Å². The molecule has 0 aliphatic carbocycles. The third-order valence-corrected chi connectivity index (χ3v) is 2.71. The van der Waals surface area contributed by atoms with Crippen LogP contribution in [0, 0.1) is 5.82 Å². The number of carboxylic acids is 1. The van der Waals surface area contributed by atoms with E-state index in [0.717, 1.165) is 11.0 Å². The van der Waals surface area contributed by atoms with Gasteiger partial charge in [-0.1, -0.05) is 0 Å². The first-order valence-electron chi connectivity index (χ1n) is 5.93. The van der Waals surface area contributed by atoms with Crippen molar-refractivity contribution in [1.82, 2.24) is 4.90 Å². The number of aliphatic carboxylic acids is 1. The van der Waals surface area contributed by atoms with E-state index < -0.39 is 47.6 Å². The minimum absolute atomic E-state index is 0.384. The molecule has 116 valence electrons. The first-order valence-corrected chi connectivity index (χ1v) is 5.93. The Balaban J connectivity index is 3.20. The first-order chi connectivity index (χ1) is 9.54. The van der Waals surface area contributed by atoms with Crippen LogP contribution >= 0.6 is 0 Å². The van der Waals surface area contributed by atoms with Gasteiger partial charge in [0.15, 0.2) is 0 Å². The van der Waals surface area contributed by atoms with Crippen LogP contribution in [0.2, 0.25) is 0 Å². The summed E-state index contributed by atoms with van der Waals surface area (Å²) in [4.78, 5) is 23.7. The van der Waals surface area contributed by atoms with Crippen LogP contribution in [0.25, 0.3) is 0 Å². The van der Waals surface area contributed by atoms with Crippen LogP contribution in [0.3, 0.4) is 0 Å². The fourth-order valence-electron chi connectivity index (χ4n) is 1.68. The Bertz CT molecular complexity index is 555. The van der Waals surface area contributed by atoms with E-state index in [0.29, 0.717) is 12.1 Å². The summed E-state index contributed by atoms with van der Waals surface area (Å²) in [5, 5.41) is 8.72. The lowest BCUT2D eigenvalue weighted by atomic mass is 10.1. The molecule has 0 saturated carbocycles. The molecule has 0 unspecified atom stereocenters. The highest BCUT2D eigenvalue weighted by Crippen LogP contribution is 2.32. The number of nitrogens with zero attached hydrogens (tertiary/aromatic N) is 1. The fourth-order valence-corrected chi connectivity index (χ4v) is 1.68. The Morgan fingerprint density at radius 2 is 1.86 bits per heavy atom. The molecule has 0 radical (unpaired) electrons. The molecule has 21 heavy (non-hydrogen) atoms. The van der Waals surface area contributed by atoms with Gasteiger partial charge in [-0.3, -0.25) is 9.59 Å². The predicted octanol–water partition coefficient (Wildman–Crippen LogP) is 2.78. The van der Waals surface area contributed by atoms with E-state index in [9.17, 15) is 27.2 Å². The van der Waals surface area contributed by atoms with Crippen LogP contribution in [0.15, 0.2) is 18.2 Å². The number of hydrogen-bond acceptors (Lipinski definition) is 2. The molecule has 1 amide bonds. The van der Waals surface area contributed by atoms with Crippen LogP contribution in [-0.4, -0.2) is 34.5 Å². The molecule has 0 spiro atoms. The number of carbonyl (C=O) groups excluding carboxylic acids is 1. The Hall–Kier alpha value is -2.12. The Labute approximate surface area is 118 Å². The van der Waals surface area contributed by atoms with Gasteiger partial charge in [0.05, 0.1) is 5.56 Å². The molecule has 0 bridgehead atoms. The zero-order chi connectivity index (χ0) is 16.4. The lowest BCUT2D eigenvalue weighted by Crippen LogP contribution is -2.40. The summed E-state index contributed by atoms with van der Waals surface area (Å²) in [5.74, 6) is -3.69. The summed E-state index contributed by atoms with van der Waals surface area (Å²) in [6.07, 6.45) is -4.93. The minimum atomic E-state index is -4.93. The van der Waals surface area contributed by atoms with Crippen LogP contribution in [0.5, 0.6) is 0 Å². The van der Waals surface area contributed by atoms with E-state index in [1.807, 2.05) is 0 Å². The van der Waals surface area contributed by atoms with Crippen molar-refractivity contribution in [2.24, 2.45) is 0 Å². The first kappa shape index (κ1) is 16.9. The Morgan fingerprint density at radius 1 is 1.29 bits per heavy atom. The SMILES string of the molecule is CC(C)N(CC(=O)O)C(=O)c1ccc(F)c(C(F)(F)F)c1. The lowest BCUT2D eigenvalue weighted by molar-refractivity contribution is -0.140. The largest absolute Gasteiger partial charge is 0.480 e.